The molecule has 0 rings (SSSR count). The van der Waals surface area contributed by atoms with Crippen LogP contribution in [0.25, 0.3) is 0 Å². The third-order valence-corrected chi connectivity index (χ3v) is 0.942. The molecule has 0 aliphatic heterocycles. The van der Waals surface area contributed by atoms with Gasteiger partial charge in [0.2, 0.25) is 0 Å². The predicted octanol–water partition coefficient (Wildman–Crippen LogP) is 1.87. The number of rotatable bonds is 2. The third-order valence-electron chi connectivity index (χ3n) is 0.942. The van der Waals surface area contributed by atoms with E-state index in [1.54, 1.807) is 13.8 Å². The van der Waals surface area contributed by atoms with Gasteiger partial charge in [0, 0.05) is 6.04 Å². The molecule has 5 heteroatoms. The van der Waals surface area contributed by atoms with E-state index < -0.39 is 17.9 Å². The SMILES string of the molecule is CC(C)N=C(/C=C\N)C(F)(F)F. The molecule has 12 heavy (non-hydrogen) atoms. The van der Waals surface area contributed by atoms with Crippen molar-refractivity contribution in [2.75, 3.05) is 0 Å². The van der Waals surface area contributed by atoms with E-state index in [1.165, 1.54) is 0 Å². The molecule has 0 amide bonds. The van der Waals surface area contributed by atoms with E-state index in [0.29, 0.717) is 0 Å². The van der Waals surface area contributed by atoms with Crippen molar-refractivity contribution in [3.63, 3.8) is 0 Å². The Labute approximate surface area is 69.0 Å². The van der Waals surface area contributed by atoms with Crippen LogP contribution in [-0.4, -0.2) is 17.9 Å². The molecule has 0 heterocycles. The van der Waals surface area contributed by atoms with E-state index in [0.717, 1.165) is 12.3 Å². The van der Waals surface area contributed by atoms with E-state index in [2.05, 4.69) is 4.99 Å². The van der Waals surface area contributed by atoms with Crippen molar-refractivity contribution in [1.29, 1.82) is 0 Å². The summed E-state index contributed by atoms with van der Waals surface area (Å²) in [7, 11) is 0. The van der Waals surface area contributed by atoms with Crippen LogP contribution in [0.5, 0.6) is 0 Å². The highest BCUT2D eigenvalue weighted by atomic mass is 19.4. The van der Waals surface area contributed by atoms with Crippen LogP contribution in [0, 0.1) is 0 Å². The minimum Gasteiger partial charge on any atom is -0.405 e. The fourth-order valence-corrected chi connectivity index (χ4v) is 0.580. The van der Waals surface area contributed by atoms with Gasteiger partial charge in [0.1, 0.15) is 5.71 Å². The lowest BCUT2D eigenvalue weighted by Crippen LogP contribution is -2.22. The zero-order valence-corrected chi connectivity index (χ0v) is 6.89. The molecule has 0 radical (unpaired) electrons. The molecule has 0 aliphatic carbocycles. The van der Waals surface area contributed by atoms with Gasteiger partial charge in [-0.25, -0.2) is 0 Å². The standard InChI is InChI=1S/C7H11F3N2/c1-5(2)12-6(3-4-11)7(8,9)10/h3-5H,11H2,1-2H3/b4-3-,12-6?. The Morgan fingerprint density at radius 2 is 1.92 bits per heavy atom. The minimum atomic E-state index is -4.42. The van der Waals surface area contributed by atoms with Crippen LogP contribution in [0.2, 0.25) is 0 Å². The molecule has 0 saturated carbocycles. The quantitative estimate of drug-likeness (QED) is 0.647. The first-order valence-corrected chi connectivity index (χ1v) is 3.41. The molecule has 70 valence electrons. The Hall–Kier alpha value is -1.00. The smallest absolute Gasteiger partial charge is 0.405 e. The highest BCUT2D eigenvalue weighted by Gasteiger charge is 2.33. The van der Waals surface area contributed by atoms with Crippen molar-refractivity contribution in [2.24, 2.45) is 10.7 Å². The normalized spacial score (nSPS) is 14.7. The highest BCUT2D eigenvalue weighted by molar-refractivity contribution is 5.99. The summed E-state index contributed by atoms with van der Waals surface area (Å²) in [4.78, 5) is 3.36. The van der Waals surface area contributed by atoms with E-state index in [9.17, 15) is 13.2 Å². The second kappa shape index (κ2) is 4.13. The lowest BCUT2D eigenvalue weighted by Gasteiger charge is -2.07. The lowest BCUT2D eigenvalue weighted by molar-refractivity contribution is -0.0580. The van der Waals surface area contributed by atoms with Crippen molar-refractivity contribution in [3.8, 4) is 0 Å². The van der Waals surface area contributed by atoms with Gasteiger partial charge in [-0.2, -0.15) is 13.2 Å². The Morgan fingerprint density at radius 1 is 1.42 bits per heavy atom. The number of nitrogens with two attached hydrogens (primary N) is 1. The molecule has 0 fully saturated rings. The van der Waals surface area contributed by atoms with Crippen molar-refractivity contribution < 1.29 is 13.2 Å². The van der Waals surface area contributed by atoms with Gasteiger partial charge in [-0.3, -0.25) is 4.99 Å². The first kappa shape index (κ1) is 11.0. The monoisotopic (exact) mass is 180 g/mol. The number of allylic oxidation sites excluding steroid dienone is 1. The lowest BCUT2D eigenvalue weighted by atomic mass is 10.3. The van der Waals surface area contributed by atoms with Gasteiger partial charge in [-0.15, -0.1) is 0 Å². The average Bonchev–Trinajstić information content (AvgIpc) is 1.83. The Morgan fingerprint density at radius 3 is 2.17 bits per heavy atom. The van der Waals surface area contributed by atoms with Gasteiger partial charge in [-0.05, 0) is 26.1 Å². The van der Waals surface area contributed by atoms with Gasteiger partial charge in [0.15, 0.2) is 0 Å². The maximum atomic E-state index is 12.0. The van der Waals surface area contributed by atoms with E-state index in [1.807, 2.05) is 0 Å². The number of alkyl halides is 3. The second-order valence-electron chi connectivity index (χ2n) is 2.46. The first-order chi connectivity index (χ1) is 5.38. The van der Waals surface area contributed by atoms with Crippen LogP contribution >= 0.6 is 0 Å². The van der Waals surface area contributed by atoms with Crippen LogP contribution < -0.4 is 5.73 Å². The predicted molar refractivity (Wildman–Crippen MR) is 42.0 cm³/mol. The maximum Gasteiger partial charge on any atom is 0.432 e. The Balaban J connectivity index is 4.67. The van der Waals surface area contributed by atoms with Gasteiger partial charge in [0.25, 0.3) is 0 Å². The number of aliphatic imine (C=N–C) groups is 1. The van der Waals surface area contributed by atoms with Crippen molar-refractivity contribution in [3.05, 3.63) is 12.3 Å². The Kier molecular flexibility index (Phi) is 3.79. The highest BCUT2D eigenvalue weighted by Crippen LogP contribution is 2.18. The fourth-order valence-electron chi connectivity index (χ4n) is 0.580. The summed E-state index contributed by atoms with van der Waals surface area (Å²) in [5.74, 6) is 0. The van der Waals surface area contributed by atoms with Gasteiger partial charge >= 0.3 is 6.18 Å². The van der Waals surface area contributed by atoms with Crippen LogP contribution in [0.1, 0.15) is 13.8 Å². The molecule has 0 bridgehead atoms. The zero-order chi connectivity index (χ0) is 9.78. The van der Waals surface area contributed by atoms with Gasteiger partial charge < -0.3 is 5.73 Å². The second-order valence-corrected chi connectivity index (χ2v) is 2.46. The molecule has 0 saturated heterocycles. The summed E-state index contributed by atoms with van der Waals surface area (Å²) < 4.78 is 36.1. The molecule has 0 aliphatic rings. The fraction of sp³-hybridized carbons (Fsp3) is 0.571. The van der Waals surface area contributed by atoms with Crippen LogP contribution in [0.3, 0.4) is 0 Å². The third kappa shape index (κ3) is 4.00. The number of halogens is 3. The first-order valence-electron chi connectivity index (χ1n) is 3.41. The number of nitrogens with zero attached hydrogens (tertiary/aromatic N) is 1. The number of hydrogen-bond acceptors (Lipinski definition) is 2. The molecule has 0 aromatic rings. The van der Waals surface area contributed by atoms with Crippen LogP contribution in [-0.2, 0) is 0 Å². The molecular formula is C7H11F3N2. The van der Waals surface area contributed by atoms with E-state index >= 15 is 0 Å². The average molecular weight is 180 g/mol. The van der Waals surface area contributed by atoms with Crippen molar-refractivity contribution >= 4 is 5.71 Å². The largest absolute Gasteiger partial charge is 0.432 e. The van der Waals surface area contributed by atoms with E-state index in [4.69, 9.17) is 5.73 Å². The molecule has 2 nitrogen and oxygen atoms in total. The van der Waals surface area contributed by atoms with Gasteiger partial charge in [0.05, 0.1) is 0 Å². The molecule has 0 unspecified atom stereocenters. The Bertz CT molecular complexity index is 191. The van der Waals surface area contributed by atoms with Crippen LogP contribution in [0.4, 0.5) is 13.2 Å². The summed E-state index contributed by atoms with van der Waals surface area (Å²) >= 11 is 0. The molecule has 0 spiro atoms. The van der Waals surface area contributed by atoms with E-state index in [-0.39, 0.29) is 0 Å². The molecule has 0 atom stereocenters. The maximum absolute atomic E-state index is 12.0. The summed E-state index contributed by atoms with van der Waals surface area (Å²) in [5, 5.41) is 0. The minimum absolute atomic E-state index is 0.391. The molecule has 0 aromatic heterocycles. The number of hydrogen-bond donors (Lipinski definition) is 1. The van der Waals surface area contributed by atoms with Crippen molar-refractivity contribution in [1.82, 2.24) is 0 Å². The molecule has 2 N–H and O–H groups in total. The summed E-state index contributed by atoms with van der Waals surface area (Å²) in [5.41, 5.74) is 3.90. The summed E-state index contributed by atoms with van der Waals surface area (Å²) in [6.45, 7) is 3.13. The topological polar surface area (TPSA) is 38.4 Å². The summed E-state index contributed by atoms with van der Waals surface area (Å²) in [6, 6.07) is -0.391. The zero-order valence-electron chi connectivity index (χ0n) is 6.89. The van der Waals surface area contributed by atoms with Crippen LogP contribution in [0.15, 0.2) is 17.3 Å². The summed E-state index contributed by atoms with van der Waals surface area (Å²) in [6.07, 6.45) is -2.84. The molecular weight excluding hydrogens is 169 g/mol. The van der Waals surface area contributed by atoms with Gasteiger partial charge in [-0.1, -0.05) is 0 Å². The molecule has 0 aromatic carbocycles. The van der Waals surface area contributed by atoms with Crippen molar-refractivity contribution in [2.45, 2.75) is 26.1 Å².